The fourth-order valence-electron chi connectivity index (χ4n) is 1.21. The minimum atomic E-state index is 0. The Morgan fingerprint density at radius 1 is 1.17 bits per heavy atom. The van der Waals surface area contributed by atoms with E-state index < -0.39 is 0 Å². The first-order valence-electron chi connectivity index (χ1n) is 6.81. The van der Waals surface area contributed by atoms with Gasteiger partial charge in [-0.15, -0.1) is 24.0 Å². The molecule has 4 heteroatoms. The van der Waals surface area contributed by atoms with Crippen molar-refractivity contribution < 1.29 is 0 Å². The summed E-state index contributed by atoms with van der Waals surface area (Å²) in [4.78, 5) is 4.62. The number of hydrogen-bond donors (Lipinski definition) is 2. The van der Waals surface area contributed by atoms with E-state index in [0.29, 0.717) is 17.4 Å². The van der Waals surface area contributed by atoms with Gasteiger partial charge in [0.2, 0.25) is 0 Å². The Morgan fingerprint density at radius 3 is 2.11 bits per heavy atom. The molecule has 3 nitrogen and oxygen atoms in total. The minimum Gasteiger partial charge on any atom is -0.357 e. The van der Waals surface area contributed by atoms with Crippen LogP contribution in [0, 0.1) is 11.3 Å². The summed E-state index contributed by atoms with van der Waals surface area (Å²) in [5.74, 6) is 1.56. The molecule has 0 bridgehead atoms. The van der Waals surface area contributed by atoms with Crippen LogP contribution in [0.25, 0.3) is 0 Å². The molecule has 0 heterocycles. The van der Waals surface area contributed by atoms with Gasteiger partial charge in [-0.3, -0.25) is 4.99 Å². The molecule has 0 rings (SSSR count). The van der Waals surface area contributed by atoms with Gasteiger partial charge >= 0.3 is 0 Å². The van der Waals surface area contributed by atoms with Crippen LogP contribution < -0.4 is 10.6 Å². The molecule has 0 aliphatic rings. The molecule has 0 aromatic carbocycles. The lowest BCUT2D eigenvalue weighted by molar-refractivity contribution is 0.384. The van der Waals surface area contributed by atoms with Crippen molar-refractivity contribution in [2.45, 2.75) is 60.9 Å². The third-order valence-corrected chi connectivity index (χ3v) is 2.84. The molecule has 1 atom stereocenters. The van der Waals surface area contributed by atoms with Crippen molar-refractivity contribution >= 4 is 29.9 Å². The fourth-order valence-corrected chi connectivity index (χ4v) is 1.21. The van der Waals surface area contributed by atoms with Crippen LogP contribution in [0.2, 0.25) is 0 Å². The van der Waals surface area contributed by atoms with E-state index in [1.807, 2.05) is 0 Å². The second-order valence-electron chi connectivity index (χ2n) is 6.25. The smallest absolute Gasteiger partial charge is 0.191 e. The summed E-state index contributed by atoms with van der Waals surface area (Å²) in [7, 11) is 0. The quantitative estimate of drug-likeness (QED) is 0.441. The van der Waals surface area contributed by atoms with E-state index >= 15 is 0 Å². The highest BCUT2D eigenvalue weighted by Gasteiger charge is 2.11. The number of nitrogens with zero attached hydrogens (tertiary/aromatic N) is 1. The van der Waals surface area contributed by atoms with Crippen LogP contribution in [0.1, 0.15) is 54.9 Å². The first kappa shape index (κ1) is 20.3. The van der Waals surface area contributed by atoms with Gasteiger partial charge in [-0.25, -0.2) is 0 Å². The van der Waals surface area contributed by atoms with Gasteiger partial charge < -0.3 is 10.6 Å². The van der Waals surface area contributed by atoms with Gasteiger partial charge in [0, 0.05) is 19.1 Å². The lowest BCUT2D eigenvalue weighted by Gasteiger charge is -2.21. The maximum atomic E-state index is 4.62. The fraction of sp³-hybridized carbons (Fsp3) is 0.929. The van der Waals surface area contributed by atoms with E-state index in [-0.39, 0.29) is 24.0 Å². The van der Waals surface area contributed by atoms with Crippen LogP contribution in [-0.2, 0) is 0 Å². The maximum absolute atomic E-state index is 4.62. The summed E-state index contributed by atoms with van der Waals surface area (Å²) in [6.07, 6.45) is 1.11. The monoisotopic (exact) mass is 369 g/mol. The first-order valence-corrected chi connectivity index (χ1v) is 6.81. The van der Waals surface area contributed by atoms with Crippen molar-refractivity contribution in [1.29, 1.82) is 0 Å². The average Bonchev–Trinajstić information content (AvgIpc) is 2.15. The Balaban J connectivity index is 0. The van der Waals surface area contributed by atoms with E-state index in [1.54, 1.807) is 0 Å². The van der Waals surface area contributed by atoms with Gasteiger partial charge in [0.15, 0.2) is 5.96 Å². The topological polar surface area (TPSA) is 36.4 Å². The number of hydrogen-bond acceptors (Lipinski definition) is 1. The Bertz CT molecular complexity index is 232. The van der Waals surface area contributed by atoms with Crippen LogP contribution >= 0.6 is 24.0 Å². The minimum absolute atomic E-state index is 0. The van der Waals surface area contributed by atoms with Crippen LogP contribution in [0.15, 0.2) is 4.99 Å². The van der Waals surface area contributed by atoms with Gasteiger partial charge in [-0.05, 0) is 31.6 Å². The van der Waals surface area contributed by atoms with Gasteiger partial charge in [0.1, 0.15) is 0 Å². The molecule has 0 fully saturated rings. The molecule has 2 N–H and O–H groups in total. The molecule has 0 radical (unpaired) electrons. The normalized spacial score (nSPS) is 14.1. The van der Waals surface area contributed by atoms with E-state index in [4.69, 9.17) is 0 Å². The summed E-state index contributed by atoms with van der Waals surface area (Å²) in [6.45, 7) is 17.3. The van der Waals surface area contributed by atoms with Crippen molar-refractivity contribution in [1.82, 2.24) is 10.6 Å². The zero-order valence-electron chi connectivity index (χ0n) is 13.1. The van der Waals surface area contributed by atoms with Crippen LogP contribution in [0.5, 0.6) is 0 Å². The van der Waals surface area contributed by atoms with Crippen molar-refractivity contribution in [3.63, 3.8) is 0 Å². The Labute approximate surface area is 131 Å². The largest absolute Gasteiger partial charge is 0.357 e. The lowest BCUT2D eigenvalue weighted by Crippen LogP contribution is -2.44. The SMILES string of the molecule is CCNC(=NCCC(C)(C)C)NC(C)C(C)C.I. The predicted molar refractivity (Wildman–Crippen MR) is 92.9 cm³/mol. The molecular weight excluding hydrogens is 337 g/mol. The molecule has 0 aromatic rings. The highest BCUT2D eigenvalue weighted by atomic mass is 127. The molecule has 0 aromatic heterocycles. The molecule has 1 unspecified atom stereocenters. The highest BCUT2D eigenvalue weighted by Crippen LogP contribution is 2.17. The first-order chi connectivity index (χ1) is 7.76. The number of rotatable bonds is 5. The molecule has 0 saturated carbocycles. The van der Waals surface area contributed by atoms with E-state index in [2.05, 4.69) is 64.1 Å². The van der Waals surface area contributed by atoms with Crippen molar-refractivity contribution in [3.8, 4) is 0 Å². The second-order valence-corrected chi connectivity index (χ2v) is 6.25. The molecule has 0 amide bonds. The van der Waals surface area contributed by atoms with Crippen molar-refractivity contribution in [2.24, 2.45) is 16.3 Å². The van der Waals surface area contributed by atoms with Crippen LogP contribution in [0.3, 0.4) is 0 Å². The van der Waals surface area contributed by atoms with Gasteiger partial charge in [0.25, 0.3) is 0 Å². The lowest BCUT2D eigenvalue weighted by atomic mass is 9.92. The van der Waals surface area contributed by atoms with Crippen LogP contribution in [-0.4, -0.2) is 25.1 Å². The molecule has 0 aliphatic heterocycles. The summed E-state index contributed by atoms with van der Waals surface area (Å²) < 4.78 is 0. The van der Waals surface area contributed by atoms with Crippen molar-refractivity contribution in [3.05, 3.63) is 0 Å². The van der Waals surface area contributed by atoms with Gasteiger partial charge in [-0.1, -0.05) is 34.6 Å². The predicted octanol–water partition coefficient (Wildman–Crippen LogP) is 3.64. The Morgan fingerprint density at radius 2 is 1.72 bits per heavy atom. The Hall–Kier alpha value is 0. The van der Waals surface area contributed by atoms with Gasteiger partial charge in [-0.2, -0.15) is 0 Å². The Kier molecular flexibility index (Phi) is 11.1. The summed E-state index contributed by atoms with van der Waals surface area (Å²) in [6, 6.07) is 0.447. The summed E-state index contributed by atoms with van der Waals surface area (Å²) in [5, 5.41) is 6.74. The highest BCUT2D eigenvalue weighted by molar-refractivity contribution is 14.0. The molecule has 0 spiro atoms. The van der Waals surface area contributed by atoms with E-state index in [1.165, 1.54) is 0 Å². The molecule has 0 aliphatic carbocycles. The number of guanidine groups is 1. The second kappa shape index (κ2) is 9.87. The number of nitrogens with one attached hydrogen (secondary N) is 2. The third kappa shape index (κ3) is 11.1. The molecule has 110 valence electrons. The van der Waals surface area contributed by atoms with E-state index in [9.17, 15) is 0 Å². The molecular formula is C14H32IN3. The molecule has 18 heavy (non-hydrogen) atoms. The van der Waals surface area contributed by atoms with Gasteiger partial charge in [0.05, 0.1) is 0 Å². The van der Waals surface area contributed by atoms with Crippen LogP contribution in [0.4, 0.5) is 0 Å². The average molecular weight is 369 g/mol. The maximum Gasteiger partial charge on any atom is 0.191 e. The van der Waals surface area contributed by atoms with Crippen molar-refractivity contribution in [2.75, 3.05) is 13.1 Å². The number of halogens is 1. The third-order valence-electron chi connectivity index (χ3n) is 2.84. The number of aliphatic imine (C=N–C) groups is 1. The zero-order chi connectivity index (χ0) is 13.5. The zero-order valence-corrected chi connectivity index (χ0v) is 15.5. The summed E-state index contributed by atoms with van der Waals surface area (Å²) >= 11 is 0. The van der Waals surface area contributed by atoms with E-state index in [0.717, 1.165) is 25.5 Å². The molecule has 0 saturated heterocycles. The standard InChI is InChI=1S/C14H31N3.HI/c1-8-15-13(17-12(4)11(2)3)16-10-9-14(5,6)7;/h11-12H,8-10H2,1-7H3,(H2,15,16,17);1H. The summed E-state index contributed by atoms with van der Waals surface area (Å²) in [5.41, 5.74) is 0.352.